The Morgan fingerprint density at radius 2 is 2.21 bits per heavy atom. The fourth-order valence-corrected chi connectivity index (χ4v) is 1.66. The van der Waals surface area contributed by atoms with E-state index >= 15 is 0 Å². The standard InChI is InChI=1S/C13H12Cl2O4/c1-18-11-8-9(3-4-12(16)17)7-10(15)13(11)19-6-2-5-14/h2-5,7-8H,6H2,1H3,(H,16,17)/b4-3+,5-2+. The Morgan fingerprint density at radius 3 is 2.79 bits per heavy atom. The van der Waals surface area contributed by atoms with Crippen molar-refractivity contribution >= 4 is 35.2 Å². The molecule has 1 aromatic rings. The maximum atomic E-state index is 10.5. The van der Waals surface area contributed by atoms with E-state index in [2.05, 4.69) is 0 Å². The highest BCUT2D eigenvalue weighted by Crippen LogP contribution is 2.36. The number of rotatable bonds is 6. The van der Waals surface area contributed by atoms with Crippen molar-refractivity contribution in [2.75, 3.05) is 13.7 Å². The van der Waals surface area contributed by atoms with E-state index in [1.165, 1.54) is 18.7 Å². The quantitative estimate of drug-likeness (QED) is 0.816. The maximum absolute atomic E-state index is 10.5. The van der Waals surface area contributed by atoms with E-state index in [0.717, 1.165) is 6.08 Å². The molecule has 19 heavy (non-hydrogen) atoms. The first-order chi connectivity index (χ1) is 9.08. The number of carboxylic acid groups (broad SMARTS) is 1. The second-order valence-electron chi connectivity index (χ2n) is 3.38. The average Bonchev–Trinajstić information content (AvgIpc) is 2.38. The Labute approximate surface area is 120 Å². The van der Waals surface area contributed by atoms with Crippen molar-refractivity contribution in [3.8, 4) is 11.5 Å². The summed E-state index contributed by atoms with van der Waals surface area (Å²) in [5.74, 6) is -0.241. The molecule has 0 aliphatic carbocycles. The molecule has 0 atom stereocenters. The number of halogens is 2. The highest BCUT2D eigenvalue weighted by molar-refractivity contribution is 6.32. The molecule has 0 aliphatic rings. The molecule has 102 valence electrons. The average molecular weight is 303 g/mol. The van der Waals surface area contributed by atoms with Crippen LogP contribution in [-0.4, -0.2) is 24.8 Å². The van der Waals surface area contributed by atoms with Crippen LogP contribution in [0.1, 0.15) is 5.56 Å². The van der Waals surface area contributed by atoms with Gasteiger partial charge in [-0.05, 0) is 29.8 Å². The van der Waals surface area contributed by atoms with E-state index in [9.17, 15) is 4.79 Å². The van der Waals surface area contributed by atoms with Crippen molar-refractivity contribution in [2.45, 2.75) is 0 Å². The monoisotopic (exact) mass is 302 g/mol. The highest BCUT2D eigenvalue weighted by Gasteiger charge is 2.10. The summed E-state index contributed by atoms with van der Waals surface area (Å²) < 4.78 is 10.6. The molecule has 0 unspecified atom stereocenters. The van der Waals surface area contributed by atoms with E-state index in [1.807, 2.05) is 0 Å². The first-order valence-electron chi connectivity index (χ1n) is 5.25. The molecule has 0 saturated heterocycles. The second-order valence-corrected chi connectivity index (χ2v) is 4.04. The van der Waals surface area contributed by atoms with Crippen molar-refractivity contribution in [3.63, 3.8) is 0 Å². The third-order valence-electron chi connectivity index (χ3n) is 2.08. The molecule has 1 aromatic carbocycles. The highest BCUT2D eigenvalue weighted by atomic mass is 35.5. The zero-order valence-corrected chi connectivity index (χ0v) is 11.6. The third-order valence-corrected chi connectivity index (χ3v) is 2.54. The lowest BCUT2D eigenvalue weighted by Gasteiger charge is -2.12. The Balaban J connectivity index is 3.03. The summed E-state index contributed by atoms with van der Waals surface area (Å²) >= 11 is 11.5. The Morgan fingerprint density at radius 1 is 1.47 bits per heavy atom. The minimum Gasteiger partial charge on any atom is -0.493 e. The fraction of sp³-hybridized carbons (Fsp3) is 0.154. The van der Waals surface area contributed by atoms with E-state index in [0.29, 0.717) is 22.1 Å². The summed E-state index contributed by atoms with van der Waals surface area (Å²) in [6, 6.07) is 3.22. The van der Waals surface area contributed by atoms with E-state index in [4.69, 9.17) is 37.8 Å². The lowest BCUT2D eigenvalue weighted by atomic mass is 10.2. The largest absolute Gasteiger partial charge is 0.493 e. The molecule has 0 aliphatic heterocycles. The van der Waals surface area contributed by atoms with Gasteiger partial charge >= 0.3 is 5.97 Å². The molecular formula is C13H12Cl2O4. The molecule has 0 heterocycles. The van der Waals surface area contributed by atoms with Gasteiger partial charge in [-0.1, -0.05) is 23.2 Å². The van der Waals surface area contributed by atoms with E-state index < -0.39 is 5.97 Å². The summed E-state index contributed by atoms with van der Waals surface area (Å²) in [4.78, 5) is 10.5. The van der Waals surface area contributed by atoms with Crippen LogP contribution in [0.4, 0.5) is 0 Å². The van der Waals surface area contributed by atoms with Gasteiger partial charge in [0.05, 0.1) is 12.1 Å². The number of carbonyl (C=O) groups is 1. The number of ether oxygens (including phenoxy) is 2. The smallest absolute Gasteiger partial charge is 0.328 e. The second kappa shape index (κ2) is 7.71. The summed E-state index contributed by atoms with van der Waals surface area (Å²) in [5.41, 5.74) is 1.94. The van der Waals surface area contributed by atoms with Gasteiger partial charge in [0, 0.05) is 11.6 Å². The molecule has 1 rings (SSSR count). The van der Waals surface area contributed by atoms with Gasteiger partial charge in [-0.3, -0.25) is 0 Å². The number of hydrogen-bond acceptors (Lipinski definition) is 3. The predicted molar refractivity (Wildman–Crippen MR) is 75.2 cm³/mol. The number of benzene rings is 1. The first kappa shape index (κ1) is 15.4. The van der Waals surface area contributed by atoms with Crippen LogP contribution in [0, 0.1) is 0 Å². The lowest BCUT2D eigenvalue weighted by Crippen LogP contribution is -1.98. The molecule has 1 N–H and O–H groups in total. The summed E-state index contributed by atoms with van der Waals surface area (Å²) in [5, 5.41) is 8.90. The lowest BCUT2D eigenvalue weighted by molar-refractivity contribution is -0.131. The zero-order valence-electron chi connectivity index (χ0n) is 10.1. The maximum Gasteiger partial charge on any atom is 0.328 e. The summed E-state index contributed by atoms with van der Waals surface area (Å²) in [7, 11) is 1.47. The van der Waals surface area contributed by atoms with Crippen LogP contribution in [0.2, 0.25) is 5.02 Å². The van der Waals surface area contributed by atoms with Crippen molar-refractivity contribution < 1.29 is 19.4 Å². The van der Waals surface area contributed by atoms with E-state index in [-0.39, 0.29) is 6.61 Å². The molecule has 0 fully saturated rings. The van der Waals surface area contributed by atoms with Crippen LogP contribution in [0.3, 0.4) is 0 Å². The van der Waals surface area contributed by atoms with Crippen molar-refractivity contribution in [1.82, 2.24) is 0 Å². The van der Waals surface area contributed by atoms with Crippen molar-refractivity contribution in [2.24, 2.45) is 0 Å². The Kier molecular flexibility index (Phi) is 6.25. The molecule has 0 amide bonds. The minimum absolute atomic E-state index is 0.254. The number of methoxy groups -OCH3 is 1. The molecule has 0 radical (unpaired) electrons. The summed E-state index contributed by atoms with van der Waals surface area (Å²) in [6.45, 7) is 0.254. The van der Waals surface area contributed by atoms with Gasteiger partial charge in [-0.25, -0.2) is 4.79 Å². The molecular weight excluding hydrogens is 291 g/mol. The fourth-order valence-electron chi connectivity index (χ4n) is 1.31. The molecule has 0 saturated carbocycles. The van der Waals surface area contributed by atoms with Crippen molar-refractivity contribution in [1.29, 1.82) is 0 Å². The third kappa shape index (κ3) is 4.85. The minimum atomic E-state index is -1.04. The van der Waals surface area contributed by atoms with Gasteiger partial charge < -0.3 is 14.6 Å². The van der Waals surface area contributed by atoms with Gasteiger partial charge in [0.25, 0.3) is 0 Å². The number of hydrogen-bond donors (Lipinski definition) is 1. The van der Waals surface area contributed by atoms with Crippen LogP contribution < -0.4 is 9.47 Å². The predicted octanol–water partition coefficient (Wildman–Crippen LogP) is 3.58. The van der Waals surface area contributed by atoms with Crippen LogP contribution in [0.15, 0.2) is 29.8 Å². The number of carboxylic acids is 1. The Bertz CT molecular complexity index is 510. The first-order valence-corrected chi connectivity index (χ1v) is 6.06. The van der Waals surface area contributed by atoms with Gasteiger partial charge in [0.15, 0.2) is 11.5 Å². The van der Waals surface area contributed by atoms with E-state index in [1.54, 1.807) is 18.2 Å². The topological polar surface area (TPSA) is 55.8 Å². The normalized spacial score (nSPS) is 11.1. The molecule has 6 heteroatoms. The molecule has 0 aromatic heterocycles. The zero-order chi connectivity index (χ0) is 14.3. The molecule has 0 bridgehead atoms. The van der Waals surface area contributed by atoms with Crippen LogP contribution >= 0.6 is 23.2 Å². The van der Waals surface area contributed by atoms with Crippen LogP contribution in [-0.2, 0) is 4.79 Å². The van der Waals surface area contributed by atoms with Gasteiger partial charge in [0.2, 0.25) is 0 Å². The van der Waals surface area contributed by atoms with Crippen LogP contribution in [0.25, 0.3) is 6.08 Å². The Hall–Kier alpha value is -1.65. The summed E-state index contributed by atoms with van der Waals surface area (Å²) in [6.07, 6.45) is 4.04. The molecule has 4 nitrogen and oxygen atoms in total. The molecule has 0 spiro atoms. The van der Waals surface area contributed by atoms with Gasteiger partial charge in [0.1, 0.15) is 6.61 Å². The van der Waals surface area contributed by atoms with Crippen LogP contribution in [0.5, 0.6) is 11.5 Å². The SMILES string of the molecule is COc1cc(/C=C/C(=O)O)cc(Cl)c1OC/C=C/Cl. The van der Waals surface area contributed by atoms with Gasteiger partial charge in [-0.2, -0.15) is 0 Å². The number of aliphatic carboxylic acids is 1. The van der Waals surface area contributed by atoms with Gasteiger partial charge in [-0.15, -0.1) is 0 Å². The van der Waals surface area contributed by atoms with Crippen molar-refractivity contribution in [3.05, 3.63) is 40.4 Å².